The number of piperidine rings is 1. The van der Waals surface area contributed by atoms with Crippen molar-refractivity contribution >= 4 is 5.82 Å². The zero-order valence-corrected chi connectivity index (χ0v) is 12.9. The highest BCUT2D eigenvalue weighted by Gasteiger charge is 2.13. The van der Waals surface area contributed by atoms with Gasteiger partial charge in [-0.1, -0.05) is 6.92 Å². The molecule has 0 aromatic carbocycles. The van der Waals surface area contributed by atoms with Crippen molar-refractivity contribution < 1.29 is 0 Å². The maximum absolute atomic E-state index is 4.60. The highest BCUT2D eigenvalue weighted by atomic mass is 15.0. The van der Waals surface area contributed by atoms with Gasteiger partial charge in [0.05, 0.1) is 6.20 Å². The smallest absolute Gasteiger partial charge is 0.182 e. The lowest BCUT2D eigenvalue weighted by molar-refractivity contribution is 0.389. The molecule has 2 aromatic heterocycles. The first-order valence-corrected chi connectivity index (χ1v) is 7.94. The highest BCUT2D eigenvalue weighted by Crippen LogP contribution is 2.17. The Morgan fingerprint density at radius 1 is 1.23 bits per heavy atom. The molecule has 0 unspecified atom stereocenters. The Labute approximate surface area is 130 Å². The van der Waals surface area contributed by atoms with Crippen molar-refractivity contribution in [3.8, 4) is 11.5 Å². The van der Waals surface area contributed by atoms with E-state index in [0.717, 1.165) is 37.6 Å². The molecule has 0 amide bonds. The third kappa shape index (κ3) is 3.76. The van der Waals surface area contributed by atoms with Crippen molar-refractivity contribution in [3.05, 3.63) is 30.4 Å². The Bertz CT molecular complexity index is 595. The minimum Gasteiger partial charge on any atom is -0.370 e. The summed E-state index contributed by atoms with van der Waals surface area (Å²) in [4.78, 5) is 17.5. The number of aromatic nitrogens is 4. The summed E-state index contributed by atoms with van der Waals surface area (Å²) in [5.41, 5.74) is 1.73. The number of hydrogen-bond acceptors (Lipinski definition) is 6. The van der Waals surface area contributed by atoms with E-state index in [1.807, 2.05) is 6.07 Å². The lowest BCUT2D eigenvalue weighted by Crippen LogP contribution is -2.31. The van der Waals surface area contributed by atoms with E-state index in [-0.39, 0.29) is 0 Å². The van der Waals surface area contributed by atoms with Crippen molar-refractivity contribution in [3.63, 3.8) is 0 Å². The zero-order chi connectivity index (χ0) is 15.2. The molecule has 0 radical (unpaired) electrons. The summed E-state index contributed by atoms with van der Waals surface area (Å²) in [6, 6.07) is 2.03. The lowest BCUT2D eigenvalue weighted by atomic mass is 9.98. The molecule has 0 bridgehead atoms. The van der Waals surface area contributed by atoms with Gasteiger partial charge in [0.2, 0.25) is 0 Å². The SMILES string of the molecule is CCc1cc(NCC2CCNCC2)nc(-c2cnccn2)n1. The molecular formula is C16H22N6. The first-order valence-electron chi connectivity index (χ1n) is 7.94. The molecule has 2 N–H and O–H groups in total. The topological polar surface area (TPSA) is 75.6 Å². The average molecular weight is 298 g/mol. The van der Waals surface area contributed by atoms with Crippen molar-refractivity contribution in [2.75, 3.05) is 25.0 Å². The largest absolute Gasteiger partial charge is 0.370 e. The van der Waals surface area contributed by atoms with E-state index >= 15 is 0 Å². The second kappa shape index (κ2) is 7.26. The molecule has 0 atom stereocenters. The fraction of sp³-hybridized carbons (Fsp3) is 0.500. The van der Waals surface area contributed by atoms with Gasteiger partial charge < -0.3 is 10.6 Å². The van der Waals surface area contributed by atoms with Crippen LogP contribution in [0.5, 0.6) is 0 Å². The van der Waals surface area contributed by atoms with Gasteiger partial charge in [0.15, 0.2) is 5.82 Å². The molecule has 3 rings (SSSR count). The van der Waals surface area contributed by atoms with Gasteiger partial charge in [0.1, 0.15) is 11.5 Å². The van der Waals surface area contributed by atoms with E-state index < -0.39 is 0 Å². The van der Waals surface area contributed by atoms with Crippen LogP contribution in [-0.2, 0) is 6.42 Å². The Morgan fingerprint density at radius 3 is 2.82 bits per heavy atom. The molecule has 0 saturated carbocycles. The molecule has 3 heterocycles. The van der Waals surface area contributed by atoms with E-state index in [1.165, 1.54) is 12.8 Å². The van der Waals surface area contributed by atoms with Gasteiger partial charge in [-0.3, -0.25) is 4.98 Å². The van der Waals surface area contributed by atoms with Gasteiger partial charge in [-0.05, 0) is 38.3 Å². The van der Waals surface area contributed by atoms with Crippen molar-refractivity contribution in [2.45, 2.75) is 26.2 Å². The van der Waals surface area contributed by atoms with Crippen LogP contribution in [0, 0.1) is 5.92 Å². The molecule has 116 valence electrons. The summed E-state index contributed by atoms with van der Waals surface area (Å²) in [5.74, 6) is 2.23. The fourth-order valence-electron chi connectivity index (χ4n) is 2.63. The van der Waals surface area contributed by atoms with E-state index in [1.54, 1.807) is 18.6 Å². The zero-order valence-electron chi connectivity index (χ0n) is 12.9. The molecule has 0 aliphatic carbocycles. The number of nitrogens with one attached hydrogen (secondary N) is 2. The highest BCUT2D eigenvalue weighted by molar-refractivity contribution is 5.51. The molecule has 22 heavy (non-hydrogen) atoms. The van der Waals surface area contributed by atoms with Crippen LogP contribution >= 0.6 is 0 Å². The monoisotopic (exact) mass is 298 g/mol. The third-order valence-electron chi connectivity index (χ3n) is 3.96. The van der Waals surface area contributed by atoms with Crippen LogP contribution in [-0.4, -0.2) is 39.6 Å². The van der Waals surface area contributed by atoms with Crippen molar-refractivity contribution in [2.24, 2.45) is 5.92 Å². The van der Waals surface area contributed by atoms with Gasteiger partial charge >= 0.3 is 0 Å². The van der Waals surface area contributed by atoms with Gasteiger partial charge in [0, 0.05) is 30.7 Å². The molecule has 1 saturated heterocycles. The minimum atomic E-state index is 0.639. The molecule has 2 aromatic rings. The molecule has 0 spiro atoms. The predicted octanol–water partition coefficient (Wildman–Crippen LogP) is 1.91. The Morgan fingerprint density at radius 2 is 2.09 bits per heavy atom. The summed E-state index contributed by atoms with van der Waals surface area (Å²) in [6.07, 6.45) is 8.33. The van der Waals surface area contributed by atoms with E-state index in [9.17, 15) is 0 Å². The quantitative estimate of drug-likeness (QED) is 0.878. The van der Waals surface area contributed by atoms with Crippen LogP contribution < -0.4 is 10.6 Å². The van der Waals surface area contributed by atoms with Gasteiger partial charge in [-0.25, -0.2) is 15.0 Å². The Kier molecular flexibility index (Phi) is 4.90. The second-order valence-electron chi connectivity index (χ2n) is 5.59. The van der Waals surface area contributed by atoms with Crippen molar-refractivity contribution in [1.82, 2.24) is 25.3 Å². The van der Waals surface area contributed by atoms with Crippen LogP contribution in [0.3, 0.4) is 0 Å². The number of aryl methyl sites for hydroxylation is 1. The van der Waals surface area contributed by atoms with E-state index in [2.05, 4.69) is 37.5 Å². The normalized spacial score (nSPS) is 15.7. The number of anilines is 1. The fourth-order valence-corrected chi connectivity index (χ4v) is 2.63. The van der Waals surface area contributed by atoms with E-state index in [0.29, 0.717) is 17.4 Å². The summed E-state index contributed by atoms with van der Waals surface area (Å²) in [6.45, 7) is 5.28. The molecule has 1 fully saturated rings. The summed E-state index contributed by atoms with van der Waals surface area (Å²) < 4.78 is 0. The van der Waals surface area contributed by atoms with Crippen molar-refractivity contribution in [1.29, 1.82) is 0 Å². The second-order valence-corrected chi connectivity index (χ2v) is 5.59. The summed E-state index contributed by atoms with van der Waals surface area (Å²) in [7, 11) is 0. The summed E-state index contributed by atoms with van der Waals surface area (Å²) >= 11 is 0. The molecular weight excluding hydrogens is 276 g/mol. The minimum absolute atomic E-state index is 0.639. The standard InChI is InChI=1S/C16H22N6/c1-2-13-9-15(20-10-12-3-5-17-6-4-12)22-16(21-13)14-11-18-7-8-19-14/h7-9,11-12,17H,2-6,10H2,1H3,(H,20,21,22). The maximum Gasteiger partial charge on any atom is 0.182 e. The van der Waals surface area contributed by atoms with Crippen LogP contribution in [0.25, 0.3) is 11.5 Å². The van der Waals surface area contributed by atoms with E-state index in [4.69, 9.17) is 0 Å². The van der Waals surface area contributed by atoms with Crippen LogP contribution in [0.4, 0.5) is 5.82 Å². The van der Waals surface area contributed by atoms with Gasteiger partial charge in [-0.2, -0.15) is 0 Å². The van der Waals surface area contributed by atoms with Gasteiger partial charge in [0.25, 0.3) is 0 Å². The van der Waals surface area contributed by atoms with Gasteiger partial charge in [-0.15, -0.1) is 0 Å². The Balaban J connectivity index is 1.75. The molecule has 1 aliphatic rings. The average Bonchev–Trinajstić information content (AvgIpc) is 2.61. The van der Waals surface area contributed by atoms with Crippen LogP contribution in [0.15, 0.2) is 24.7 Å². The lowest BCUT2D eigenvalue weighted by Gasteiger charge is -2.23. The summed E-state index contributed by atoms with van der Waals surface area (Å²) in [5, 5.41) is 6.87. The Hall–Kier alpha value is -2.08. The molecule has 6 heteroatoms. The third-order valence-corrected chi connectivity index (χ3v) is 3.96. The number of nitrogens with zero attached hydrogens (tertiary/aromatic N) is 4. The van der Waals surface area contributed by atoms with Crippen LogP contribution in [0.2, 0.25) is 0 Å². The first-order chi connectivity index (χ1) is 10.8. The van der Waals surface area contributed by atoms with Crippen LogP contribution in [0.1, 0.15) is 25.5 Å². The molecule has 1 aliphatic heterocycles. The number of hydrogen-bond donors (Lipinski definition) is 2. The maximum atomic E-state index is 4.60. The predicted molar refractivity (Wildman–Crippen MR) is 86.5 cm³/mol. The molecule has 6 nitrogen and oxygen atoms in total. The number of rotatable bonds is 5. The first kappa shape index (κ1) is 14.8.